The minimum atomic E-state index is -0.268. The summed E-state index contributed by atoms with van der Waals surface area (Å²) in [6.07, 6.45) is 1.89. The molecule has 23 heavy (non-hydrogen) atoms. The van der Waals surface area contributed by atoms with Crippen molar-refractivity contribution in [1.82, 2.24) is 15.1 Å². The third kappa shape index (κ3) is 3.59. The smallest absolute Gasteiger partial charge is 0.240 e. The quantitative estimate of drug-likeness (QED) is 0.924. The Bertz CT molecular complexity index is 521. The molecule has 4 nitrogen and oxygen atoms in total. The molecule has 2 aliphatic rings. The molecular formula is C19H29N3O. The van der Waals surface area contributed by atoms with Gasteiger partial charge in [0, 0.05) is 39.3 Å². The van der Waals surface area contributed by atoms with Crippen LogP contribution < -0.4 is 5.32 Å². The topological polar surface area (TPSA) is 35.6 Å². The van der Waals surface area contributed by atoms with Gasteiger partial charge in [-0.15, -0.1) is 0 Å². The maximum Gasteiger partial charge on any atom is 0.240 e. The fourth-order valence-corrected chi connectivity index (χ4v) is 4.00. The first kappa shape index (κ1) is 16.5. The molecule has 1 aromatic carbocycles. The average molecular weight is 315 g/mol. The summed E-state index contributed by atoms with van der Waals surface area (Å²) in [7, 11) is 0. The third-order valence-corrected chi connectivity index (χ3v) is 5.21. The van der Waals surface area contributed by atoms with Crippen LogP contribution in [0.2, 0.25) is 0 Å². The maximum atomic E-state index is 12.7. The second kappa shape index (κ2) is 7.02. The zero-order valence-corrected chi connectivity index (χ0v) is 14.4. The fraction of sp³-hybridized carbons (Fsp3) is 0.632. The Morgan fingerprint density at radius 3 is 2.48 bits per heavy atom. The number of carbonyl (C=O) groups is 1. The Morgan fingerprint density at radius 1 is 1.13 bits per heavy atom. The van der Waals surface area contributed by atoms with Crippen LogP contribution in [0.4, 0.5) is 0 Å². The predicted molar refractivity (Wildman–Crippen MR) is 93.1 cm³/mol. The molecule has 1 amide bonds. The van der Waals surface area contributed by atoms with Crippen molar-refractivity contribution in [3.05, 3.63) is 35.9 Å². The van der Waals surface area contributed by atoms with Gasteiger partial charge >= 0.3 is 0 Å². The molecule has 0 bridgehead atoms. The van der Waals surface area contributed by atoms with Crippen LogP contribution in [-0.2, 0) is 11.3 Å². The Morgan fingerprint density at radius 2 is 1.83 bits per heavy atom. The van der Waals surface area contributed by atoms with Crippen LogP contribution >= 0.6 is 0 Å². The molecular weight excluding hydrogens is 286 g/mol. The standard InChI is InChI=1S/C19H29N3O/c1-16(2)14-22-13-10-20-18(23)19(22)8-11-21(12-9-19)15-17-6-4-3-5-7-17/h3-7,16H,8-15H2,1-2H3,(H,20,23). The summed E-state index contributed by atoms with van der Waals surface area (Å²) in [4.78, 5) is 17.6. The Balaban J connectivity index is 1.65. The zero-order valence-electron chi connectivity index (χ0n) is 14.4. The molecule has 2 saturated heterocycles. The lowest BCUT2D eigenvalue weighted by Crippen LogP contribution is -2.68. The number of nitrogens with zero attached hydrogens (tertiary/aromatic N) is 2. The van der Waals surface area contributed by atoms with E-state index in [1.165, 1.54) is 5.56 Å². The number of hydrogen-bond acceptors (Lipinski definition) is 3. The normalized spacial score (nSPS) is 22.5. The van der Waals surface area contributed by atoms with Gasteiger partial charge in [0.1, 0.15) is 5.54 Å². The van der Waals surface area contributed by atoms with Gasteiger partial charge in [-0.2, -0.15) is 0 Å². The van der Waals surface area contributed by atoms with E-state index < -0.39 is 0 Å². The maximum absolute atomic E-state index is 12.7. The van der Waals surface area contributed by atoms with E-state index in [2.05, 4.69) is 59.3 Å². The minimum Gasteiger partial charge on any atom is -0.353 e. The van der Waals surface area contributed by atoms with Crippen molar-refractivity contribution in [3.8, 4) is 0 Å². The summed E-state index contributed by atoms with van der Waals surface area (Å²) in [5.41, 5.74) is 1.09. The van der Waals surface area contributed by atoms with E-state index in [1.807, 2.05) is 0 Å². The molecule has 4 heteroatoms. The van der Waals surface area contributed by atoms with Gasteiger partial charge in [-0.1, -0.05) is 44.2 Å². The number of rotatable bonds is 4. The number of carbonyl (C=O) groups excluding carboxylic acids is 1. The molecule has 0 unspecified atom stereocenters. The Hall–Kier alpha value is -1.39. The minimum absolute atomic E-state index is 0.253. The SMILES string of the molecule is CC(C)CN1CCNC(=O)C12CCN(Cc1ccccc1)CC2. The average Bonchev–Trinajstić information content (AvgIpc) is 2.54. The van der Waals surface area contributed by atoms with Crippen molar-refractivity contribution in [2.45, 2.75) is 38.8 Å². The molecule has 126 valence electrons. The third-order valence-electron chi connectivity index (χ3n) is 5.21. The summed E-state index contributed by atoms with van der Waals surface area (Å²) in [5.74, 6) is 0.851. The molecule has 3 rings (SSSR count). The first-order chi connectivity index (χ1) is 11.1. The van der Waals surface area contributed by atoms with Gasteiger partial charge in [0.25, 0.3) is 0 Å². The molecule has 0 radical (unpaired) electrons. The molecule has 1 N–H and O–H groups in total. The van der Waals surface area contributed by atoms with Crippen LogP contribution in [0.1, 0.15) is 32.3 Å². The highest BCUT2D eigenvalue weighted by Crippen LogP contribution is 2.32. The summed E-state index contributed by atoms with van der Waals surface area (Å²) in [5, 5.41) is 3.11. The van der Waals surface area contributed by atoms with E-state index in [-0.39, 0.29) is 11.4 Å². The number of piperidine rings is 1. The summed E-state index contributed by atoms with van der Waals surface area (Å²) in [6, 6.07) is 10.6. The first-order valence-electron chi connectivity index (χ1n) is 8.90. The number of amides is 1. The van der Waals surface area contributed by atoms with Gasteiger partial charge in [0.05, 0.1) is 0 Å². The molecule has 0 saturated carbocycles. The second-order valence-corrected chi connectivity index (χ2v) is 7.39. The van der Waals surface area contributed by atoms with Gasteiger partial charge in [0.2, 0.25) is 5.91 Å². The van der Waals surface area contributed by atoms with Gasteiger partial charge in [-0.25, -0.2) is 0 Å². The highest BCUT2D eigenvalue weighted by atomic mass is 16.2. The van der Waals surface area contributed by atoms with Crippen molar-refractivity contribution in [1.29, 1.82) is 0 Å². The molecule has 1 aromatic rings. The van der Waals surface area contributed by atoms with Crippen LogP contribution in [0.25, 0.3) is 0 Å². The van der Waals surface area contributed by atoms with Crippen LogP contribution in [0, 0.1) is 5.92 Å². The molecule has 2 heterocycles. The molecule has 2 fully saturated rings. The highest BCUT2D eigenvalue weighted by Gasteiger charge is 2.47. The van der Waals surface area contributed by atoms with Gasteiger partial charge in [-0.3, -0.25) is 14.6 Å². The van der Waals surface area contributed by atoms with E-state index in [1.54, 1.807) is 0 Å². The van der Waals surface area contributed by atoms with E-state index >= 15 is 0 Å². The Labute approximate surface area is 139 Å². The molecule has 1 spiro atoms. The lowest BCUT2D eigenvalue weighted by molar-refractivity contribution is -0.142. The highest BCUT2D eigenvalue weighted by molar-refractivity contribution is 5.87. The van der Waals surface area contributed by atoms with E-state index in [4.69, 9.17) is 0 Å². The second-order valence-electron chi connectivity index (χ2n) is 7.39. The predicted octanol–water partition coefficient (Wildman–Crippen LogP) is 2.11. The first-order valence-corrected chi connectivity index (χ1v) is 8.90. The van der Waals surface area contributed by atoms with Gasteiger partial charge in [-0.05, 0) is 24.3 Å². The Kier molecular flexibility index (Phi) is 5.02. The van der Waals surface area contributed by atoms with Crippen molar-refractivity contribution < 1.29 is 4.79 Å². The summed E-state index contributed by atoms with van der Waals surface area (Å²) in [6.45, 7) is 10.3. The number of hydrogen-bond donors (Lipinski definition) is 1. The molecule has 0 aromatic heterocycles. The molecule has 2 aliphatic heterocycles. The van der Waals surface area contributed by atoms with Crippen LogP contribution in [0.3, 0.4) is 0 Å². The van der Waals surface area contributed by atoms with Crippen LogP contribution in [0.5, 0.6) is 0 Å². The van der Waals surface area contributed by atoms with Gasteiger partial charge in [0.15, 0.2) is 0 Å². The van der Waals surface area contributed by atoms with Crippen LogP contribution in [-0.4, -0.2) is 54.0 Å². The number of nitrogens with one attached hydrogen (secondary N) is 1. The van der Waals surface area contributed by atoms with E-state index in [0.29, 0.717) is 5.92 Å². The zero-order chi connectivity index (χ0) is 16.3. The van der Waals surface area contributed by atoms with Crippen molar-refractivity contribution in [2.24, 2.45) is 5.92 Å². The number of benzene rings is 1. The summed E-state index contributed by atoms with van der Waals surface area (Å²) < 4.78 is 0. The number of likely N-dealkylation sites (tertiary alicyclic amines) is 1. The molecule has 0 aliphatic carbocycles. The van der Waals surface area contributed by atoms with Crippen molar-refractivity contribution in [3.63, 3.8) is 0 Å². The van der Waals surface area contributed by atoms with E-state index in [9.17, 15) is 4.79 Å². The van der Waals surface area contributed by atoms with Crippen molar-refractivity contribution >= 4 is 5.91 Å². The lowest BCUT2D eigenvalue weighted by atomic mass is 9.82. The fourth-order valence-electron chi connectivity index (χ4n) is 4.00. The van der Waals surface area contributed by atoms with Crippen LogP contribution in [0.15, 0.2) is 30.3 Å². The molecule has 0 atom stereocenters. The monoisotopic (exact) mass is 315 g/mol. The van der Waals surface area contributed by atoms with Crippen molar-refractivity contribution in [2.75, 3.05) is 32.7 Å². The lowest BCUT2D eigenvalue weighted by Gasteiger charge is -2.50. The largest absolute Gasteiger partial charge is 0.353 e. The van der Waals surface area contributed by atoms with E-state index in [0.717, 1.165) is 52.1 Å². The number of piperazine rings is 1. The summed E-state index contributed by atoms with van der Waals surface area (Å²) >= 11 is 0. The van der Waals surface area contributed by atoms with Gasteiger partial charge < -0.3 is 5.32 Å².